The summed E-state index contributed by atoms with van der Waals surface area (Å²) in [6.07, 6.45) is 3.88. The van der Waals surface area contributed by atoms with E-state index in [2.05, 4.69) is 26.1 Å². The first-order valence-corrected chi connectivity index (χ1v) is 5.51. The van der Waals surface area contributed by atoms with Gasteiger partial charge >= 0.3 is 0 Å². The maximum atomic E-state index is 10.7. The molecule has 0 saturated heterocycles. The lowest BCUT2D eigenvalue weighted by atomic mass is 9.64. The van der Waals surface area contributed by atoms with Crippen molar-refractivity contribution in [3.8, 4) is 0 Å². The van der Waals surface area contributed by atoms with E-state index in [1.165, 1.54) is 19.3 Å². The van der Waals surface area contributed by atoms with Crippen molar-refractivity contribution in [3.63, 3.8) is 0 Å². The van der Waals surface area contributed by atoms with Crippen LogP contribution in [0.15, 0.2) is 5.29 Å². The Morgan fingerprint density at radius 2 is 1.79 bits per heavy atom. The van der Waals surface area contributed by atoms with E-state index >= 15 is 0 Å². The normalized spacial score (nSPS) is 44.0. The van der Waals surface area contributed by atoms with Crippen LogP contribution in [0.2, 0.25) is 0 Å². The highest BCUT2D eigenvalue weighted by atomic mass is 16.3. The fourth-order valence-electron chi connectivity index (χ4n) is 3.85. The fourth-order valence-corrected chi connectivity index (χ4v) is 3.85. The summed E-state index contributed by atoms with van der Waals surface area (Å²) in [6, 6.07) is 0. The van der Waals surface area contributed by atoms with Gasteiger partial charge in [0.15, 0.2) is 0 Å². The molecule has 2 fully saturated rings. The van der Waals surface area contributed by atoms with Gasteiger partial charge in [-0.2, -0.15) is 0 Å². The zero-order valence-electron chi connectivity index (χ0n) is 9.58. The van der Waals surface area contributed by atoms with E-state index in [0.717, 1.165) is 5.92 Å². The van der Waals surface area contributed by atoms with Gasteiger partial charge in [-0.05, 0) is 43.4 Å². The first-order chi connectivity index (χ1) is 6.44. The summed E-state index contributed by atoms with van der Waals surface area (Å²) in [5, 5.41) is 4.80. The summed E-state index contributed by atoms with van der Waals surface area (Å²) < 4.78 is 0. The van der Waals surface area contributed by atoms with Gasteiger partial charge in [-0.15, -0.1) is 4.91 Å². The molecule has 0 spiro atoms. The average molecular weight is 196 g/mol. The summed E-state index contributed by atoms with van der Waals surface area (Å²) in [5.41, 5.74) is 0.191. The molecule has 2 saturated carbocycles. The molecule has 3 heteroatoms. The molecule has 0 unspecified atom stereocenters. The largest absolute Gasteiger partial charge is 0.257 e. The van der Waals surface area contributed by atoms with E-state index in [-0.39, 0.29) is 11.0 Å². The van der Waals surface area contributed by atoms with Crippen LogP contribution in [0.5, 0.6) is 0 Å². The Morgan fingerprint density at radius 1 is 1.21 bits per heavy atom. The first kappa shape index (κ1) is 9.94. The highest BCUT2D eigenvalue weighted by Gasteiger charge is 2.62. The van der Waals surface area contributed by atoms with Gasteiger partial charge in [0.2, 0.25) is 0 Å². The molecule has 0 amide bonds. The van der Waals surface area contributed by atoms with Crippen molar-refractivity contribution in [1.82, 2.24) is 5.01 Å². The number of rotatable bonds is 2. The molecule has 0 aliphatic heterocycles. The molecule has 2 aliphatic rings. The van der Waals surface area contributed by atoms with E-state index in [4.69, 9.17) is 0 Å². The number of nitroso groups, excluding NO2 is 1. The van der Waals surface area contributed by atoms with Crippen molar-refractivity contribution in [2.45, 2.75) is 45.6 Å². The third-order valence-corrected chi connectivity index (χ3v) is 5.35. The molecule has 2 rings (SSSR count). The molecule has 0 aromatic heterocycles. The van der Waals surface area contributed by atoms with Crippen LogP contribution < -0.4 is 0 Å². The van der Waals surface area contributed by atoms with E-state index in [9.17, 15) is 4.91 Å². The van der Waals surface area contributed by atoms with Crippen LogP contribution in [0.1, 0.15) is 40.0 Å². The summed E-state index contributed by atoms with van der Waals surface area (Å²) in [4.78, 5) is 10.7. The molecule has 3 nitrogen and oxygen atoms in total. The zero-order valence-corrected chi connectivity index (χ0v) is 9.58. The molecule has 2 aliphatic carbocycles. The van der Waals surface area contributed by atoms with E-state index in [0.29, 0.717) is 5.92 Å². The molecule has 0 N–H and O–H groups in total. The minimum atomic E-state index is -0.0301. The molecule has 14 heavy (non-hydrogen) atoms. The van der Waals surface area contributed by atoms with E-state index in [1.807, 2.05) is 7.05 Å². The second kappa shape index (κ2) is 2.71. The quantitative estimate of drug-likeness (QED) is 0.502. The standard InChI is InChI=1S/C11H20N2O/c1-10(2)8-5-6-9(7-8)11(10,3)13(4)12-14/h8-9H,5-7H2,1-4H3/t8-,9+,11+/m0/s1. The zero-order chi connectivity index (χ0) is 10.6. The maximum absolute atomic E-state index is 10.7. The van der Waals surface area contributed by atoms with Crippen LogP contribution in [0.25, 0.3) is 0 Å². The summed E-state index contributed by atoms with van der Waals surface area (Å²) >= 11 is 0. The predicted octanol–water partition coefficient (Wildman–Crippen LogP) is 2.81. The highest BCUT2D eigenvalue weighted by molar-refractivity contribution is 5.13. The Hall–Kier alpha value is -0.600. The molecule has 2 bridgehead atoms. The molecule has 0 heterocycles. The van der Waals surface area contributed by atoms with Gasteiger partial charge in [0, 0.05) is 7.05 Å². The van der Waals surface area contributed by atoms with Crippen molar-refractivity contribution in [2.24, 2.45) is 22.5 Å². The SMILES string of the molecule is CN(N=O)[C@]1(C)[C@@H]2CC[C@@H](C2)C1(C)C. The minimum Gasteiger partial charge on any atom is -0.257 e. The topological polar surface area (TPSA) is 32.7 Å². The van der Waals surface area contributed by atoms with Crippen molar-refractivity contribution in [3.05, 3.63) is 4.91 Å². The van der Waals surface area contributed by atoms with Gasteiger partial charge in [0.25, 0.3) is 0 Å². The lowest BCUT2D eigenvalue weighted by molar-refractivity contribution is -0.0304. The van der Waals surface area contributed by atoms with Gasteiger partial charge < -0.3 is 0 Å². The molecular formula is C11H20N2O. The lowest BCUT2D eigenvalue weighted by Gasteiger charge is -2.50. The van der Waals surface area contributed by atoms with Gasteiger partial charge in [-0.3, -0.25) is 5.01 Å². The Bertz CT molecular complexity index is 264. The number of hydrogen-bond acceptors (Lipinski definition) is 2. The molecule has 0 aromatic rings. The third-order valence-electron chi connectivity index (χ3n) is 5.35. The Labute approximate surface area is 85.8 Å². The highest BCUT2D eigenvalue weighted by Crippen LogP contribution is 2.63. The van der Waals surface area contributed by atoms with E-state index < -0.39 is 0 Å². The second-order valence-electron chi connectivity index (χ2n) is 5.68. The van der Waals surface area contributed by atoms with E-state index in [1.54, 1.807) is 5.01 Å². The molecule has 0 aromatic carbocycles. The van der Waals surface area contributed by atoms with Gasteiger partial charge in [-0.1, -0.05) is 13.8 Å². The van der Waals surface area contributed by atoms with Gasteiger partial charge in [-0.25, -0.2) is 0 Å². The van der Waals surface area contributed by atoms with Crippen LogP contribution in [0.4, 0.5) is 0 Å². The first-order valence-electron chi connectivity index (χ1n) is 5.51. The molecule has 0 radical (unpaired) electrons. The van der Waals surface area contributed by atoms with Crippen LogP contribution in [-0.2, 0) is 0 Å². The maximum Gasteiger partial charge on any atom is 0.0661 e. The van der Waals surface area contributed by atoms with Crippen molar-refractivity contribution >= 4 is 0 Å². The molecular weight excluding hydrogens is 176 g/mol. The minimum absolute atomic E-state index is 0.0301. The Kier molecular flexibility index (Phi) is 1.92. The number of hydrogen-bond donors (Lipinski definition) is 0. The Balaban J connectivity index is 2.38. The van der Waals surface area contributed by atoms with Crippen molar-refractivity contribution in [2.75, 3.05) is 7.05 Å². The van der Waals surface area contributed by atoms with Gasteiger partial charge in [0.1, 0.15) is 0 Å². The van der Waals surface area contributed by atoms with Crippen LogP contribution in [-0.4, -0.2) is 17.6 Å². The number of nitrogens with zero attached hydrogens (tertiary/aromatic N) is 2. The third kappa shape index (κ3) is 0.882. The Morgan fingerprint density at radius 3 is 2.21 bits per heavy atom. The smallest absolute Gasteiger partial charge is 0.0661 e. The average Bonchev–Trinajstić information content (AvgIpc) is 2.68. The van der Waals surface area contributed by atoms with Crippen LogP contribution in [0.3, 0.4) is 0 Å². The van der Waals surface area contributed by atoms with Gasteiger partial charge in [0.05, 0.1) is 10.8 Å². The second-order valence-corrected chi connectivity index (χ2v) is 5.68. The number of fused-ring (bicyclic) bond motifs is 2. The monoisotopic (exact) mass is 196 g/mol. The molecule has 3 atom stereocenters. The summed E-state index contributed by atoms with van der Waals surface area (Å²) in [5.74, 6) is 1.44. The summed E-state index contributed by atoms with van der Waals surface area (Å²) in [7, 11) is 1.83. The molecule has 80 valence electrons. The lowest BCUT2D eigenvalue weighted by Crippen LogP contribution is -2.55. The summed E-state index contributed by atoms with van der Waals surface area (Å²) in [6.45, 7) is 6.79. The fraction of sp³-hybridized carbons (Fsp3) is 1.00. The van der Waals surface area contributed by atoms with Crippen molar-refractivity contribution in [1.29, 1.82) is 0 Å². The van der Waals surface area contributed by atoms with Crippen LogP contribution >= 0.6 is 0 Å². The van der Waals surface area contributed by atoms with Crippen LogP contribution in [0, 0.1) is 22.2 Å². The predicted molar refractivity (Wildman–Crippen MR) is 56.6 cm³/mol. The van der Waals surface area contributed by atoms with Crippen molar-refractivity contribution < 1.29 is 0 Å².